The zero-order valence-electron chi connectivity index (χ0n) is 17.7. The maximum Gasteiger partial charge on any atom is 0.261 e. The van der Waals surface area contributed by atoms with E-state index in [1.807, 2.05) is 33.4 Å². The van der Waals surface area contributed by atoms with Crippen LogP contribution in [0.1, 0.15) is 46.0 Å². The third-order valence-electron chi connectivity index (χ3n) is 4.80. The Hall–Kier alpha value is -2.43. The van der Waals surface area contributed by atoms with Crippen molar-refractivity contribution in [2.75, 3.05) is 26.7 Å². The van der Waals surface area contributed by atoms with Crippen LogP contribution in [0.4, 0.5) is 0 Å². The van der Waals surface area contributed by atoms with Crippen molar-refractivity contribution >= 4 is 41.8 Å². The molecule has 8 nitrogen and oxygen atoms in total. The Morgan fingerprint density at radius 2 is 1.83 bits per heavy atom. The average molecular weight is 524 g/mol. The van der Waals surface area contributed by atoms with Gasteiger partial charge in [0.05, 0.1) is 17.3 Å². The predicted molar refractivity (Wildman–Crippen MR) is 127 cm³/mol. The zero-order chi connectivity index (χ0) is 20.8. The maximum atomic E-state index is 12.4. The molecule has 162 valence electrons. The lowest BCUT2D eigenvalue weighted by atomic mass is 10.1. The fourth-order valence-corrected chi connectivity index (χ4v) is 3.38. The number of nitrogens with one attached hydrogen (secondary N) is 1. The number of rotatable bonds is 8. The van der Waals surface area contributed by atoms with Crippen LogP contribution >= 0.6 is 24.0 Å². The first-order chi connectivity index (χ1) is 14.0. The quantitative estimate of drug-likeness (QED) is 0.189. The van der Waals surface area contributed by atoms with Gasteiger partial charge in [0.1, 0.15) is 0 Å². The van der Waals surface area contributed by atoms with Gasteiger partial charge in [-0.1, -0.05) is 12.1 Å². The second-order valence-corrected chi connectivity index (χ2v) is 7.13. The van der Waals surface area contributed by atoms with Crippen LogP contribution in [0.5, 0.6) is 0 Å². The van der Waals surface area contributed by atoms with E-state index in [-0.39, 0.29) is 35.8 Å². The van der Waals surface area contributed by atoms with Crippen molar-refractivity contribution in [1.82, 2.24) is 24.9 Å². The molecule has 1 aromatic carbocycles. The van der Waals surface area contributed by atoms with Crippen molar-refractivity contribution in [3.63, 3.8) is 0 Å². The third kappa shape index (κ3) is 5.59. The van der Waals surface area contributed by atoms with Gasteiger partial charge in [0.25, 0.3) is 11.8 Å². The number of nitrogens with zero attached hydrogens (tertiary/aromatic N) is 5. The Bertz CT molecular complexity index is 875. The van der Waals surface area contributed by atoms with E-state index in [1.54, 1.807) is 28.9 Å². The number of unbranched alkanes of at least 4 members (excludes halogenated alkanes) is 1. The van der Waals surface area contributed by atoms with Crippen molar-refractivity contribution in [3.05, 3.63) is 53.3 Å². The summed E-state index contributed by atoms with van der Waals surface area (Å²) in [5.74, 6) is 0.439. The zero-order valence-corrected chi connectivity index (χ0v) is 20.0. The average Bonchev–Trinajstić information content (AvgIpc) is 3.22. The highest BCUT2D eigenvalue weighted by Gasteiger charge is 2.34. The van der Waals surface area contributed by atoms with Gasteiger partial charge in [-0.3, -0.25) is 24.2 Å². The number of hydrogen-bond acceptors (Lipinski definition) is 4. The van der Waals surface area contributed by atoms with Gasteiger partial charge in [-0.2, -0.15) is 5.10 Å². The number of carbonyl (C=O) groups excluding carboxylic acids is 2. The van der Waals surface area contributed by atoms with E-state index < -0.39 is 0 Å². The molecule has 30 heavy (non-hydrogen) atoms. The number of amides is 2. The molecule has 2 amide bonds. The second kappa shape index (κ2) is 11.1. The molecule has 0 radical (unpaired) electrons. The fourth-order valence-electron chi connectivity index (χ4n) is 3.38. The Morgan fingerprint density at radius 1 is 1.17 bits per heavy atom. The van der Waals surface area contributed by atoms with E-state index in [0.29, 0.717) is 30.8 Å². The van der Waals surface area contributed by atoms with Crippen LogP contribution in [0.25, 0.3) is 0 Å². The molecule has 1 aromatic heterocycles. The Balaban J connectivity index is 0.00000320. The van der Waals surface area contributed by atoms with E-state index in [9.17, 15) is 9.59 Å². The monoisotopic (exact) mass is 524 g/mol. The van der Waals surface area contributed by atoms with Gasteiger partial charge in [0.2, 0.25) is 0 Å². The van der Waals surface area contributed by atoms with Gasteiger partial charge in [0, 0.05) is 52.0 Å². The molecule has 1 aliphatic rings. The first-order valence-corrected chi connectivity index (χ1v) is 9.93. The van der Waals surface area contributed by atoms with Crippen molar-refractivity contribution in [3.8, 4) is 0 Å². The summed E-state index contributed by atoms with van der Waals surface area (Å²) in [6.45, 7) is 4.59. The molecule has 0 bridgehead atoms. The largest absolute Gasteiger partial charge is 0.357 e. The summed E-state index contributed by atoms with van der Waals surface area (Å²) in [6, 6.07) is 6.99. The highest BCUT2D eigenvalue weighted by atomic mass is 127. The van der Waals surface area contributed by atoms with Gasteiger partial charge >= 0.3 is 0 Å². The number of aryl methyl sites for hydroxylation is 1. The summed E-state index contributed by atoms with van der Waals surface area (Å²) >= 11 is 0. The van der Waals surface area contributed by atoms with Crippen LogP contribution in [-0.4, -0.2) is 64.0 Å². The van der Waals surface area contributed by atoms with Crippen molar-refractivity contribution < 1.29 is 9.59 Å². The number of halogens is 1. The molecule has 0 saturated heterocycles. The van der Waals surface area contributed by atoms with Gasteiger partial charge in [-0.25, -0.2) is 0 Å². The van der Waals surface area contributed by atoms with Gasteiger partial charge in [-0.15, -0.1) is 24.0 Å². The van der Waals surface area contributed by atoms with Crippen LogP contribution in [0.3, 0.4) is 0 Å². The smallest absolute Gasteiger partial charge is 0.261 e. The van der Waals surface area contributed by atoms with Crippen molar-refractivity contribution in [2.45, 2.75) is 26.3 Å². The number of carbonyl (C=O) groups is 2. The Morgan fingerprint density at radius 3 is 2.40 bits per heavy atom. The lowest BCUT2D eigenvalue weighted by Gasteiger charge is -2.21. The number of hydrogen-bond donors (Lipinski definition) is 1. The van der Waals surface area contributed by atoms with Crippen LogP contribution in [0.2, 0.25) is 0 Å². The van der Waals surface area contributed by atoms with Gasteiger partial charge in [-0.05, 0) is 31.9 Å². The predicted octanol–water partition coefficient (Wildman–Crippen LogP) is 2.51. The number of benzene rings is 1. The van der Waals surface area contributed by atoms with E-state index in [4.69, 9.17) is 0 Å². The minimum absolute atomic E-state index is 0. The molecule has 2 aromatic rings. The molecule has 0 atom stereocenters. The summed E-state index contributed by atoms with van der Waals surface area (Å²) in [5.41, 5.74) is 2.12. The normalized spacial score (nSPS) is 13.3. The van der Waals surface area contributed by atoms with Crippen molar-refractivity contribution in [2.24, 2.45) is 12.0 Å². The van der Waals surface area contributed by atoms with E-state index in [2.05, 4.69) is 20.3 Å². The molecule has 0 saturated carbocycles. The highest BCUT2D eigenvalue weighted by Crippen LogP contribution is 2.22. The Labute approximate surface area is 194 Å². The molecule has 0 fully saturated rings. The van der Waals surface area contributed by atoms with Crippen molar-refractivity contribution in [1.29, 1.82) is 0 Å². The van der Waals surface area contributed by atoms with E-state index in [0.717, 1.165) is 30.9 Å². The molecule has 2 heterocycles. The fraction of sp³-hybridized carbons (Fsp3) is 0.429. The van der Waals surface area contributed by atoms with Gasteiger partial charge < -0.3 is 10.2 Å². The molecular weight excluding hydrogens is 495 g/mol. The summed E-state index contributed by atoms with van der Waals surface area (Å²) in [7, 11) is 3.89. The maximum absolute atomic E-state index is 12.4. The SMILES string of the molecule is CCNC(=NCCCCN1C(=O)c2ccccc2C1=O)N(C)Cc1cnn(C)c1.I. The third-order valence-corrected chi connectivity index (χ3v) is 4.80. The van der Waals surface area contributed by atoms with Crippen LogP contribution in [0.15, 0.2) is 41.7 Å². The number of imide groups is 1. The Kier molecular flexibility index (Phi) is 8.82. The topological polar surface area (TPSA) is 82.8 Å². The first kappa shape index (κ1) is 23.8. The molecular formula is C21H29IN6O2. The van der Waals surface area contributed by atoms with Gasteiger partial charge in [0.15, 0.2) is 5.96 Å². The lowest BCUT2D eigenvalue weighted by Crippen LogP contribution is -2.38. The molecule has 0 spiro atoms. The molecule has 3 rings (SSSR count). The number of aliphatic imine (C=N–C) groups is 1. The standard InChI is InChI=1S/C21H28N6O2.HI/c1-4-22-21(25(2)14-16-13-24-26(3)15-16)23-11-7-8-12-27-19(28)17-9-5-6-10-18(17)20(27)29;/h5-6,9-10,13,15H,4,7-8,11-12,14H2,1-3H3,(H,22,23);1H. The van der Waals surface area contributed by atoms with E-state index >= 15 is 0 Å². The minimum atomic E-state index is -0.196. The summed E-state index contributed by atoms with van der Waals surface area (Å²) in [6.07, 6.45) is 5.36. The second-order valence-electron chi connectivity index (χ2n) is 7.13. The molecule has 0 aliphatic carbocycles. The molecule has 1 aliphatic heterocycles. The molecule has 9 heteroatoms. The minimum Gasteiger partial charge on any atom is -0.357 e. The van der Waals surface area contributed by atoms with Crippen LogP contribution in [-0.2, 0) is 13.6 Å². The number of fused-ring (bicyclic) bond motifs is 1. The summed E-state index contributed by atoms with van der Waals surface area (Å²) in [4.78, 5) is 32.8. The van der Waals surface area contributed by atoms with E-state index in [1.165, 1.54) is 4.90 Å². The highest BCUT2D eigenvalue weighted by molar-refractivity contribution is 14.0. The van der Waals surface area contributed by atoms with Crippen LogP contribution in [0, 0.1) is 0 Å². The summed E-state index contributed by atoms with van der Waals surface area (Å²) < 4.78 is 1.78. The first-order valence-electron chi connectivity index (χ1n) is 9.93. The summed E-state index contributed by atoms with van der Waals surface area (Å²) in [5, 5.41) is 7.49. The lowest BCUT2D eigenvalue weighted by molar-refractivity contribution is 0.0652. The van der Waals surface area contributed by atoms with Crippen LogP contribution < -0.4 is 5.32 Å². The number of guanidine groups is 1. The molecule has 0 unspecified atom stereocenters. The number of aromatic nitrogens is 2. The molecule has 1 N–H and O–H groups in total.